The summed E-state index contributed by atoms with van der Waals surface area (Å²) in [4.78, 5) is 12.4. The highest BCUT2D eigenvalue weighted by atomic mass is 19.4. The number of carbonyl (C=O) groups is 1. The van der Waals surface area contributed by atoms with E-state index >= 15 is 4.39 Å². The minimum absolute atomic E-state index is 0.0574. The average molecular weight is 560 g/mol. The third-order valence-electron chi connectivity index (χ3n) is 6.31. The van der Waals surface area contributed by atoms with E-state index < -0.39 is 29.6 Å². The Morgan fingerprint density at radius 2 is 1.85 bits per heavy atom. The number of nitrogens with two attached hydrogens (primary N) is 1. The van der Waals surface area contributed by atoms with Gasteiger partial charge in [0.1, 0.15) is 41.7 Å². The van der Waals surface area contributed by atoms with Crippen molar-refractivity contribution in [2.45, 2.75) is 45.7 Å². The molecule has 0 amide bonds. The first kappa shape index (κ1) is 29.1. The molecule has 1 heterocycles. The predicted octanol–water partition coefficient (Wildman–Crippen LogP) is 6.72. The minimum Gasteiger partial charge on any atom is -0.489 e. The molecule has 0 saturated carbocycles. The van der Waals surface area contributed by atoms with Crippen LogP contribution in [0.1, 0.15) is 34.7 Å². The van der Waals surface area contributed by atoms with Crippen molar-refractivity contribution in [1.82, 2.24) is 0 Å². The van der Waals surface area contributed by atoms with Crippen molar-refractivity contribution >= 4 is 16.9 Å². The Bertz CT molecular complexity index is 1510. The molecule has 0 spiro atoms. The number of esters is 1. The zero-order chi connectivity index (χ0) is 29.0. The topological polar surface area (TPSA) is 83.9 Å². The molecule has 0 saturated heterocycles. The number of furan rings is 1. The van der Waals surface area contributed by atoms with Crippen LogP contribution in [0.4, 0.5) is 17.6 Å². The lowest BCUT2D eigenvalue weighted by Crippen LogP contribution is -2.21. The Balaban J connectivity index is 1.71. The molecule has 0 radical (unpaired) electrons. The van der Waals surface area contributed by atoms with Crippen LogP contribution < -0.4 is 10.5 Å². The van der Waals surface area contributed by atoms with Crippen LogP contribution in [0, 0.1) is 12.7 Å². The maximum Gasteiger partial charge on any atom is 0.420 e. The van der Waals surface area contributed by atoms with Gasteiger partial charge in [0.05, 0.1) is 13.0 Å². The number of alkyl halides is 3. The number of halogens is 4. The molecule has 1 aromatic heterocycles. The molecule has 6 nitrogen and oxygen atoms in total. The first-order valence-corrected chi connectivity index (χ1v) is 12.5. The molecular weight excluding hydrogens is 530 g/mol. The smallest absolute Gasteiger partial charge is 0.420 e. The van der Waals surface area contributed by atoms with Crippen LogP contribution in [0.2, 0.25) is 0 Å². The van der Waals surface area contributed by atoms with E-state index in [1.807, 2.05) is 13.0 Å². The molecule has 1 unspecified atom stereocenters. The highest BCUT2D eigenvalue weighted by Gasteiger charge is 2.35. The summed E-state index contributed by atoms with van der Waals surface area (Å²) >= 11 is 0. The summed E-state index contributed by atoms with van der Waals surface area (Å²) in [7, 11) is 1.50. The molecule has 4 rings (SSSR count). The zero-order valence-corrected chi connectivity index (χ0v) is 22.2. The Morgan fingerprint density at radius 3 is 2.55 bits per heavy atom. The highest BCUT2D eigenvalue weighted by Crippen LogP contribution is 2.41. The second-order valence-electron chi connectivity index (χ2n) is 9.48. The lowest BCUT2D eigenvalue weighted by Gasteiger charge is -2.16. The molecule has 10 heteroatoms. The van der Waals surface area contributed by atoms with Gasteiger partial charge in [0.15, 0.2) is 0 Å². The van der Waals surface area contributed by atoms with E-state index in [9.17, 15) is 18.0 Å². The van der Waals surface area contributed by atoms with Crippen molar-refractivity contribution in [3.63, 3.8) is 0 Å². The summed E-state index contributed by atoms with van der Waals surface area (Å²) < 4.78 is 78.3. The molecule has 40 heavy (non-hydrogen) atoms. The van der Waals surface area contributed by atoms with Gasteiger partial charge in [0.25, 0.3) is 0 Å². The lowest BCUT2D eigenvalue weighted by molar-refractivity contribution is -0.149. The third kappa shape index (κ3) is 6.46. The van der Waals surface area contributed by atoms with Gasteiger partial charge in [0, 0.05) is 41.3 Å². The first-order chi connectivity index (χ1) is 19.0. The van der Waals surface area contributed by atoms with Crippen LogP contribution in [-0.2, 0) is 40.0 Å². The van der Waals surface area contributed by atoms with Gasteiger partial charge in [-0.2, -0.15) is 13.2 Å². The molecule has 3 aromatic carbocycles. The van der Waals surface area contributed by atoms with Gasteiger partial charge in [-0.05, 0) is 43.2 Å². The standard InChI is InChI=1S/C30H29F4NO5/c1-17-7-8-20(12-27(36)40-18(2)14-37-3)26(9-17)38-15-19-10-23(22-6-4-5-21(13-35)28(22)31)29-24(11-19)25(16-39-29)30(32,33)34/h4-11,16,18H,12-15,35H2,1-3H3. The summed E-state index contributed by atoms with van der Waals surface area (Å²) in [6.45, 7) is 3.55. The van der Waals surface area contributed by atoms with Crippen molar-refractivity contribution in [2.24, 2.45) is 5.73 Å². The van der Waals surface area contributed by atoms with Crippen LogP contribution >= 0.6 is 0 Å². The van der Waals surface area contributed by atoms with Gasteiger partial charge in [-0.3, -0.25) is 4.79 Å². The largest absolute Gasteiger partial charge is 0.489 e. The summed E-state index contributed by atoms with van der Waals surface area (Å²) in [5, 5.41) is -0.221. The Hall–Kier alpha value is -3.89. The fourth-order valence-electron chi connectivity index (χ4n) is 4.44. The lowest BCUT2D eigenvalue weighted by atomic mass is 9.97. The number of aryl methyl sites for hydroxylation is 1. The second-order valence-corrected chi connectivity index (χ2v) is 9.48. The van der Waals surface area contributed by atoms with Gasteiger partial charge >= 0.3 is 12.1 Å². The van der Waals surface area contributed by atoms with E-state index in [0.29, 0.717) is 23.1 Å². The number of hydrogen-bond donors (Lipinski definition) is 1. The average Bonchev–Trinajstić information content (AvgIpc) is 3.33. The molecule has 0 aliphatic carbocycles. The van der Waals surface area contributed by atoms with Crippen LogP contribution in [0.25, 0.3) is 22.1 Å². The van der Waals surface area contributed by atoms with E-state index in [-0.39, 0.29) is 53.8 Å². The molecular formula is C30H29F4NO5. The molecule has 212 valence electrons. The number of benzene rings is 3. The molecule has 0 fully saturated rings. The number of ether oxygens (including phenoxy) is 3. The SMILES string of the molecule is COCC(C)OC(=O)Cc1ccc(C)cc1OCc1cc(-c2cccc(CN)c2F)c2occ(C(F)(F)F)c2c1. The van der Waals surface area contributed by atoms with Gasteiger partial charge in [-0.1, -0.05) is 30.3 Å². The monoisotopic (exact) mass is 559 g/mol. The Kier molecular flexibility index (Phi) is 8.80. The molecule has 0 aliphatic rings. The minimum atomic E-state index is -4.69. The van der Waals surface area contributed by atoms with Gasteiger partial charge in [-0.25, -0.2) is 4.39 Å². The van der Waals surface area contributed by atoms with Crippen LogP contribution in [0.5, 0.6) is 5.75 Å². The molecule has 0 bridgehead atoms. The molecule has 4 aromatic rings. The highest BCUT2D eigenvalue weighted by molar-refractivity contribution is 5.95. The van der Waals surface area contributed by atoms with Gasteiger partial charge < -0.3 is 24.4 Å². The first-order valence-electron chi connectivity index (χ1n) is 12.5. The van der Waals surface area contributed by atoms with E-state index in [4.69, 9.17) is 24.4 Å². The van der Waals surface area contributed by atoms with E-state index in [1.165, 1.54) is 31.4 Å². The summed E-state index contributed by atoms with van der Waals surface area (Å²) in [5.41, 5.74) is 6.71. The number of hydrogen-bond acceptors (Lipinski definition) is 6. The van der Waals surface area contributed by atoms with Crippen molar-refractivity contribution in [2.75, 3.05) is 13.7 Å². The second kappa shape index (κ2) is 12.1. The maximum absolute atomic E-state index is 15.2. The maximum atomic E-state index is 15.2. The van der Waals surface area contributed by atoms with Crippen molar-refractivity contribution in [3.05, 3.63) is 88.4 Å². The van der Waals surface area contributed by atoms with Crippen molar-refractivity contribution < 1.29 is 41.0 Å². The number of carbonyl (C=O) groups excluding carboxylic acids is 1. The van der Waals surface area contributed by atoms with E-state index in [2.05, 4.69) is 0 Å². The van der Waals surface area contributed by atoms with E-state index in [0.717, 1.165) is 5.56 Å². The molecule has 0 aliphatic heterocycles. The van der Waals surface area contributed by atoms with Crippen LogP contribution in [0.3, 0.4) is 0 Å². The van der Waals surface area contributed by atoms with Crippen LogP contribution in [0.15, 0.2) is 59.2 Å². The summed E-state index contributed by atoms with van der Waals surface area (Å²) in [6, 6.07) is 12.6. The van der Waals surface area contributed by atoms with Crippen molar-refractivity contribution in [1.29, 1.82) is 0 Å². The Morgan fingerprint density at radius 1 is 1.07 bits per heavy atom. The number of methoxy groups -OCH3 is 1. The third-order valence-corrected chi connectivity index (χ3v) is 6.31. The quantitative estimate of drug-likeness (QED) is 0.172. The Labute approximate surface area is 228 Å². The molecule has 2 N–H and O–H groups in total. The normalized spacial score (nSPS) is 12.5. The summed E-state index contributed by atoms with van der Waals surface area (Å²) in [5.74, 6) is -0.750. The fourth-order valence-corrected chi connectivity index (χ4v) is 4.44. The summed E-state index contributed by atoms with van der Waals surface area (Å²) in [6.07, 6.45) is -4.58. The predicted molar refractivity (Wildman–Crippen MR) is 141 cm³/mol. The van der Waals surface area contributed by atoms with Gasteiger partial charge in [-0.15, -0.1) is 0 Å². The zero-order valence-electron chi connectivity index (χ0n) is 22.2. The van der Waals surface area contributed by atoms with Crippen molar-refractivity contribution in [3.8, 4) is 16.9 Å². The number of rotatable bonds is 10. The number of fused-ring (bicyclic) bond motifs is 1. The fraction of sp³-hybridized carbons (Fsp3) is 0.300. The van der Waals surface area contributed by atoms with E-state index in [1.54, 1.807) is 25.1 Å². The van der Waals surface area contributed by atoms with Crippen LogP contribution in [-0.4, -0.2) is 25.8 Å². The van der Waals surface area contributed by atoms with Gasteiger partial charge in [0.2, 0.25) is 0 Å². The molecule has 1 atom stereocenters.